The van der Waals surface area contributed by atoms with Gasteiger partial charge in [0.1, 0.15) is 0 Å². The number of rotatable bonds is 6. The van der Waals surface area contributed by atoms with Gasteiger partial charge in [-0.2, -0.15) is 0 Å². The molecule has 0 bridgehead atoms. The van der Waals surface area contributed by atoms with E-state index in [-0.39, 0.29) is 42.0 Å². The monoisotopic (exact) mass is 463 g/mol. The van der Waals surface area contributed by atoms with Crippen LogP contribution in [0.15, 0.2) is 4.99 Å². The van der Waals surface area contributed by atoms with Gasteiger partial charge >= 0.3 is 0 Å². The summed E-state index contributed by atoms with van der Waals surface area (Å²) in [5.74, 6) is 0.274. The first-order valence-electron chi connectivity index (χ1n) is 6.98. The molecular formula is C13H30IN5O3S. The van der Waals surface area contributed by atoms with Gasteiger partial charge in [0.05, 0.1) is 12.8 Å². The molecule has 8 nitrogen and oxygen atoms in total. The summed E-state index contributed by atoms with van der Waals surface area (Å²) in [6, 6.07) is 0. The van der Waals surface area contributed by atoms with Crippen LogP contribution < -0.4 is 20.7 Å². The lowest BCUT2D eigenvalue weighted by molar-refractivity contribution is -0.121. The Hall–Kier alpha value is -0.620. The second-order valence-corrected chi connectivity index (χ2v) is 8.58. The van der Waals surface area contributed by atoms with Crippen LogP contribution in [0.2, 0.25) is 0 Å². The summed E-state index contributed by atoms with van der Waals surface area (Å²) >= 11 is 0. The maximum atomic E-state index is 11.7. The standard InChI is InChI=1S/C13H29N5O3S.HI/c1-12(2,3)17-10(19)8-15-11(14-6)16-9-13(4,5)18-22(7,20)21;/h18H,8-9H2,1-7H3,(H,17,19)(H2,14,15,16);1H. The Labute approximate surface area is 156 Å². The minimum Gasteiger partial charge on any atom is -0.355 e. The summed E-state index contributed by atoms with van der Waals surface area (Å²) in [6.45, 7) is 9.60. The topological polar surface area (TPSA) is 112 Å². The lowest BCUT2D eigenvalue weighted by Crippen LogP contribution is -2.54. The Morgan fingerprint density at radius 2 is 1.61 bits per heavy atom. The normalized spacial score (nSPS) is 13.1. The molecule has 0 spiro atoms. The molecule has 0 atom stereocenters. The van der Waals surface area contributed by atoms with Gasteiger partial charge in [-0.05, 0) is 34.6 Å². The zero-order valence-electron chi connectivity index (χ0n) is 14.9. The maximum absolute atomic E-state index is 11.7. The minimum absolute atomic E-state index is 0. The van der Waals surface area contributed by atoms with Gasteiger partial charge in [0.25, 0.3) is 0 Å². The number of sulfonamides is 1. The first-order chi connectivity index (χ1) is 9.74. The molecule has 0 fully saturated rings. The predicted molar refractivity (Wildman–Crippen MR) is 105 cm³/mol. The van der Waals surface area contributed by atoms with E-state index in [1.54, 1.807) is 20.9 Å². The van der Waals surface area contributed by atoms with Gasteiger partial charge in [0.15, 0.2) is 5.96 Å². The van der Waals surface area contributed by atoms with Crippen LogP contribution in [-0.4, -0.2) is 57.8 Å². The Morgan fingerprint density at radius 1 is 1.09 bits per heavy atom. The van der Waals surface area contributed by atoms with Crippen molar-refractivity contribution in [2.75, 3.05) is 26.4 Å². The van der Waals surface area contributed by atoms with Gasteiger partial charge in [-0.25, -0.2) is 13.1 Å². The van der Waals surface area contributed by atoms with Gasteiger partial charge in [0, 0.05) is 24.7 Å². The Balaban J connectivity index is 0. The summed E-state index contributed by atoms with van der Waals surface area (Å²) in [6.07, 6.45) is 1.11. The van der Waals surface area contributed by atoms with Crippen molar-refractivity contribution in [2.24, 2.45) is 4.99 Å². The van der Waals surface area contributed by atoms with E-state index >= 15 is 0 Å². The van der Waals surface area contributed by atoms with Crippen LogP contribution in [0.1, 0.15) is 34.6 Å². The third-order valence-corrected chi connectivity index (χ3v) is 3.24. The van der Waals surface area contributed by atoms with E-state index in [1.165, 1.54) is 0 Å². The van der Waals surface area contributed by atoms with Crippen LogP contribution in [0, 0.1) is 0 Å². The lowest BCUT2D eigenvalue weighted by Gasteiger charge is -2.26. The highest BCUT2D eigenvalue weighted by molar-refractivity contribution is 14.0. The zero-order valence-corrected chi connectivity index (χ0v) is 18.0. The fourth-order valence-corrected chi connectivity index (χ4v) is 2.77. The average Bonchev–Trinajstić information content (AvgIpc) is 2.23. The number of guanidine groups is 1. The Bertz CT molecular complexity index is 512. The number of carbonyl (C=O) groups excluding carboxylic acids is 1. The summed E-state index contributed by atoms with van der Waals surface area (Å²) in [7, 11) is -1.72. The van der Waals surface area contributed by atoms with Crippen molar-refractivity contribution in [1.82, 2.24) is 20.7 Å². The quantitative estimate of drug-likeness (QED) is 0.252. The van der Waals surface area contributed by atoms with Gasteiger partial charge in [0.2, 0.25) is 15.9 Å². The third-order valence-electron chi connectivity index (χ3n) is 2.31. The lowest BCUT2D eigenvalue weighted by atomic mass is 10.1. The molecule has 23 heavy (non-hydrogen) atoms. The highest BCUT2D eigenvalue weighted by Gasteiger charge is 2.22. The van der Waals surface area contributed by atoms with Crippen molar-refractivity contribution < 1.29 is 13.2 Å². The second kappa shape index (κ2) is 9.62. The third kappa shape index (κ3) is 14.7. The molecule has 0 saturated carbocycles. The highest BCUT2D eigenvalue weighted by atomic mass is 127. The van der Waals surface area contributed by atoms with E-state index in [1.807, 2.05) is 20.8 Å². The molecule has 1 amide bonds. The number of carbonyl (C=O) groups is 1. The molecule has 138 valence electrons. The molecule has 0 aliphatic carbocycles. The SMILES string of the molecule is CN=C(NCC(=O)NC(C)(C)C)NCC(C)(C)NS(C)(=O)=O.I. The van der Waals surface area contributed by atoms with Crippen LogP contribution in [0.3, 0.4) is 0 Å². The predicted octanol–water partition coefficient (Wildman–Crippen LogP) is 0.0119. The molecule has 0 aromatic carbocycles. The molecule has 0 rings (SSSR count). The number of hydrogen-bond acceptors (Lipinski definition) is 4. The molecule has 0 radical (unpaired) electrons. The van der Waals surface area contributed by atoms with Crippen molar-refractivity contribution in [2.45, 2.75) is 45.7 Å². The average molecular weight is 463 g/mol. The largest absolute Gasteiger partial charge is 0.355 e. The summed E-state index contributed by atoms with van der Waals surface area (Å²) < 4.78 is 25.1. The van der Waals surface area contributed by atoms with Gasteiger partial charge < -0.3 is 16.0 Å². The minimum atomic E-state index is -3.30. The van der Waals surface area contributed by atoms with E-state index < -0.39 is 15.6 Å². The van der Waals surface area contributed by atoms with Crippen LogP contribution >= 0.6 is 24.0 Å². The van der Waals surface area contributed by atoms with Crippen molar-refractivity contribution >= 4 is 45.9 Å². The van der Waals surface area contributed by atoms with E-state index in [0.29, 0.717) is 12.5 Å². The van der Waals surface area contributed by atoms with Gasteiger partial charge in [-0.3, -0.25) is 9.79 Å². The van der Waals surface area contributed by atoms with E-state index in [4.69, 9.17) is 0 Å². The Kier molecular flexibility index (Phi) is 10.3. The van der Waals surface area contributed by atoms with Crippen LogP contribution in [0.4, 0.5) is 0 Å². The molecule has 0 saturated heterocycles. The van der Waals surface area contributed by atoms with Crippen molar-refractivity contribution in [3.05, 3.63) is 0 Å². The van der Waals surface area contributed by atoms with Gasteiger partial charge in [-0.15, -0.1) is 24.0 Å². The smallest absolute Gasteiger partial charge is 0.239 e. The number of nitrogens with zero attached hydrogens (tertiary/aromatic N) is 1. The first-order valence-corrected chi connectivity index (χ1v) is 8.88. The van der Waals surface area contributed by atoms with Crippen molar-refractivity contribution in [3.63, 3.8) is 0 Å². The van der Waals surface area contributed by atoms with Crippen LogP contribution in [0.5, 0.6) is 0 Å². The van der Waals surface area contributed by atoms with Crippen LogP contribution in [-0.2, 0) is 14.8 Å². The molecule has 0 aliphatic heterocycles. The number of amides is 1. The van der Waals surface area contributed by atoms with E-state index in [2.05, 4.69) is 25.7 Å². The molecular weight excluding hydrogens is 433 g/mol. The number of halogens is 1. The Morgan fingerprint density at radius 3 is 2.00 bits per heavy atom. The van der Waals surface area contributed by atoms with Crippen molar-refractivity contribution in [1.29, 1.82) is 0 Å². The molecule has 10 heteroatoms. The van der Waals surface area contributed by atoms with Crippen LogP contribution in [0.25, 0.3) is 0 Å². The molecule has 0 aromatic rings. The summed E-state index contributed by atoms with van der Waals surface area (Å²) in [5, 5.41) is 8.69. The summed E-state index contributed by atoms with van der Waals surface area (Å²) in [5.41, 5.74) is -0.976. The molecule has 0 heterocycles. The maximum Gasteiger partial charge on any atom is 0.239 e. The van der Waals surface area contributed by atoms with Crippen molar-refractivity contribution in [3.8, 4) is 0 Å². The number of nitrogens with one attached hydrogen (secondary N) is 4. The summed E-state index contributed by atoms with van der Waals surface area (Å²) in [4.78, 5) is 15.7. The number of hydrogen-bond donors (Lipinski definition) is 4. The fraction of sp³-hybridized carbons (Fsp3) is 0.846. The highest BCUT2D eigenvalue weighted by Crippen LogP contribution is 2.01. The van der Waals surface area contributed by atoms with Gasteiger partial charge in [-0.1, -0.05) is 0 Å². The zero-order chi connectivity index (χ0) is 17.6. The van der Waals surface area contributed by atoms with E-state index in [0.717, 1.165) is 6.26 Å². The molecule has 0 unspecified atom stereocenters. The molecule has 0 aliphatic rings. The number of aliphatic imine (C=N–C) groups is 1. The first kappa shape index (κ1) is 24.6. The fourth-order valence-electron chi connectivity index (χ4n) is 1.69. The second-order valence-electron chi connectivity index (χ2n) is 6.84. The molecule has 4 N–H and O–H groups in total. The van der Waals surface area contributed by atoms with E-state index in [9.17, 15) is 13.2 Å². The molecule has 0 aromatic heterocycles.